The first kappa shape index (κ1) is 18.5. The summed E-state index contributed by atoms with van der Waals surface area (Å²) in [6, 6.07) is 8.90. The van der Waals surface area contributed by atoms with Gasteiger partial charge in [-0.25, -0.2) is 0 Å². The highest BCUT2D eigenvalue weighted by atomic mass is 35.5. The van der Waals surface area contributed by atoms with Crippen molar-refractivity contribution in [3.63, 3.8) is 0 Å². The minimum absolute atomic E-state index is 0.211. The molecule has 1 aromatic carbocycles. The maximum atomic E-state index is 12.8. The van der Waals surface area contributed by atoms with E-state index in [0.29, 0.717) is 18.0 Å². The lowest BCUT2D eigenvalue weighted by Crippen LogP contribution is -2.52. The minimum Gasteiger partial charge on any atom is -0.382 e. The number of carbonyl (C=O) groups is 1. The Labute approximate surface area is 156 Å². The lowest BCUT2D eigenvalue weighted by atomic mass is 9.85. The summed E-state index contributed by atoms with van der Waals surface area (Å²) in [4.78, 5) is 17.4. The molecule has 0 spiro atoms. The summed E-state index contributed by atoms with van der Waals surface area (Å²) < 4.78 is 0. The number of piperazine rings is 1. The van der Waals surface area contributed by atoms with Gasteiger partial charge in [0.25, 0.3) is 0 Å². The number of anilines is 1. The molecule has 0 unspecified atom stereocenters. The van der Waals surface area contributed by atoms with E-state index in [0.717, 1.165) is 62.6 Å². The average molecular weight is 364 g/mol. The number of hydrogen-bond acceptors (Lipinski definition) is 3. The molecule has 1 saturated carbocycles. The first-order chi connectivity index (χ1) is 12.0. The van der Waals surface area contributed by atoms with Crippen LogP contribution in [0.3, 0.4) is 0 Å². The van der Waals surface area contributed by atoms with E-state index in [9.17, 15) is 4.79 Å². The Morgan fingerprint density at radius 1 is 1.12 bits per heavy atom. The largest absolute Gasteiger partial charge is 0.382 e. The Kier molecular flexibility index (Phi) is 6.24. The molecule has 1 aliphatic carbocycles. The lowest BCUT2D eigenvalue weighted by Gasteiger charge is -2.39. The Bertz CT molecular complexity index is 576. The number of nitrogens with zero attached hydrogens (tertiary/aromatic N) is 2. The fourth-order valence-electron chi connectivity index (χ4n) is 4.02. The topological polar surface area (TPSA) is 35.6 Å². The zero-order valence-electron chi connectivity index (χ0n) is 15.4. The second-order valence-electron chi connectivity index (χ2n) is 7.66. The Balaban J connectivity index is 1.45. The van der Waals surface area contributed by atoms with E-state index in [2.05, 4.69) is 35.0 Å². The van der Waals surface area contributed by atoms with Gasteiger partial charge < -0.3 is 10.2 Å². The summed E-state index contributed by atoms with van der Waals surface area (Å²) in [5.74, 6) is 0.590. The van der Waals surface area contributed by atoms with Gasteiger partial charge in [0.05, 0.1) is 0 Å². The summed E-state index contributed by atoms with van der Waals surface area (Å²) in [6.45, 7) is 8.25. The first-order valence-electron chi connectivity index (χ1n) is 9.58. The quantitative estimate of drug-likeness (QED) is 0.882. The van der Waals surface area contributed by atoms with Gasteiger partial charge in [-0.2, -0.15) is 0 Å². The average Bonchev–Trinajstić information content (AvgIpc) is 2.62. The van der Waals surface area contributed by atoms with Crippen molar-refractivity contribution >= 4 is 23.2 Å². The van der Waals surface area contributed by atoms with Gasteiger partial charge in [0.2, 0.25) is 5.91 Å². The molecule has 1 saturated heterocycles. The summed E-state index contributed by atoms with van der Waals surface area (Å²) in [5, 5.41) is 4.32. The van der Waals surface area contributed by atoms with Crippen LogP contribution >= 0.6 is 11.6 Å². The number of benzene rings is 1. The molecule has 25 heavy (non-hydrogen) atoms. The van der Waals surface area contributed by atoms with Crippen LogP contribution in [-0.4, -0.2) is 54.0 Å². The third kappa shape index (κ3) is 4.89. The molecule has 1 aromatic rings. The van der Waals surface area contributed by atoms with E-state index < -0.39 is 0 Å². The molecule has 3 rings (SSSR count). The maximum Gasteiger partial charge on any atom is 0.225 e. The van der Waals surface area contributed by atoms with E-state index in [1.54, 1.807) is 0 Å². The predicted octanol–water partition coefficient (Wildman–Crippen LogP) is 3.86. The minimum atomic E-state index is 0.211. The molecule has 1 heterocycles. The van der Waals surface area contributed by atoms with E-state index >= 15 is 0 Å². The van der Waals surface area contributed by atoms with Crippen LogP contribution in [-0.2, 0) is 4.79 Å². The van der Waals surface area contributed by atoms with Gasteiger partial charge in [-0.3, -0.25) is 9.69 Å². The van der Waals surface area contributed by atoms with Gasteiger partial charge in [0.15, 0.2) is 0 Å². The Hall–Kier alpha value is -1.26. The molecule has 4 nitrogen and oxygen atoms in total. The molecule has 1 aliphatic heterocycles. The van der Waals surface area contributed by atoms with Gasteiger partial charge in [-0.15, -0.1) is 0 Å². The number of rotatable bonds is 4. The Morgan fingerprint density at radius 2 is 1.80 bits per heavy atom. The third-order valence-corrected chi connectivity index (χ3v) is 5.86. The summed E-state index contributed by atoms with van der Waals surface area (Å²) in [7, 11) is 0. The molecular weight excluding hydrogens is 334 g/mol. The standard InChI is InChI=1S/C20H30ClN3O/c1-15(2)23-10-12-24(13-11-23)20(25)16-6-8-18(9-7-16)22-19-5-3-4-17(21)14-19/h3-5,14-16,18,22H,6-13H2,1-2H3/t16-,18-. The van der Waals surface area contributed by atoms with Gasteiger partial charge in [-0.1, -0.05) is 17.7 Å². The summed E-state index contributed by atoms with van der Waals surface area (Å²) >= 11 is 6.05. The van der Waals surface area contributed by atoms with Gasteiger partial charge in [-0.05, 0) is 57.7 Å². The molecule has 0 atom stereocenters. The van der Waals surface area contributed by atoms with Crippen molar-refractivity contribution < 1.29 is 4.79 Å². The zero-order chi connectivity index (χ0) is 17.8. The van der Waals surface area contributed by atoms with Gasteiger partial charge >= 0.3 is 0 Å². The highest BCUT2D eigenvalue weighted by Crippen LogP contribution is 2.29. The maximum absolute atomic E-state index is 12.8. The van der Waals surface area contributed by atoms with Crippen molar-refractivity contribution in [3.8, 4) is 0 Å². The number of hydrogen-bond donors (Lipinski definition) is 1. The predicted molar refractivity (Wildman–Crippen MR) is 104 cm³/mol. The number of amides is 1. The molecule has 5 heteroatoms. The third-order valence-electron chi connectivity index (χ3n) is 5.63. The molecule has 138 valence electrons. The Morgan fingerprint density at radius 3 is 2.40 bits per heavy atom. The van der Waals surface area contributed by atoms with E-state index in [1.807, 2.05) is 18.2 Å². The summed E-state index contributed by atoms with van der Waals surface area (Å²) in [5.41, 5.74) is 1.08. The molecule has 0 aromatic heterocycles. The lowest BCUT2D eigenvalue weighted by molar-refractivity contribution is -0.138. The molecule has 2 fully saturated rings. The van der Waals surface area contributed by atoms with Crippen molar-refractivity contribution in [2.75, 3.05) is 31.5 Å². The number of nitrogens with one attached hydrogen (secondary N) is 1. The normalized spacial score (nSPS) is 25.2. The van der Waals surface area contributed by atoms with Crippen molar-refractivity contribution in [2.24, 2.45) is 5.92 Å². The van der Waals surface area contributed by atoms with E-state index in [4.69, 9.17) is 11.6 Å². The molecule has 2 aliphatic rings. The number of carbonyl (C=O) groups excluding carboxylic acids is 1. The van der Waals surface area contributed by atoms with Crippen molar-refractivity contribution in [1.82, 2.24) is 9.80 Å². The van der Waals surface area contributed by atoms with E-state index in [1.165, 1.54) is 0 Å². The van der Waals surface area contributed by atoms with Crippen LogP contribution in [0.4, 0.5) is 5.69 Å². The van der Waals surface area contributed by atoms with Crippen LogP contribution in [0.15, 0.2) is 24.3 Å². The van der Waals surface area contributed by atoms with Crippen LogP contribution in [0, 0.1) is 5.92 Å². The fraction of sp³-hybridized carbons (Fsp3) is 0.650. The second kappa shape index (κ2) is 8.41. The second-order valence-corrected chi connectivity index (χ2v) is 8.09. The fourth-order valence-corrected chi connectivity index (χ4v) is 4.21. The SMILES string of the molecule is CC(C)N1CCN(C(=O)[C@H]2CC[C@H](Nc3cccc(Cl)c3)CC2)CC1. The van der Waals surface area contributed by atoms with Crippen LogP contribution in [0.1, 0.15) is 39.5 Å². The van der Waals surface area contributed by atoms with Crippen LogP contribution in [0.25, 0.3) is 0 Å². The first-order valence-corrected chi connectivity index (χ1v) is 9.95. The number of halogens is 1. The van der Waals surface area contributed by atoms with Crippen molar-refractivity contribution in [2.45, 2.75) is 51.6 Å². The molecule has 0 radical (unpaired) electrons. The zero-order valence-corrected chi connectivity index (χ0v) is 16.1. The molecular formula is C20H30ClN3O. The highest BCUT2D eigenvalue weighted by molar-refractivity contribution is 6.30. The van der Waals surface area contributed by atoms with Gasteiger partial charge in [0, 0.05) is 54.9 Å². The highest BCUT2D eigenvalue weighted by Gasteiger charge is 2.31. The molecule has 0 bridgehead atoms. The van der Waals surface area contributed by atoms with Crippen molar-refractivity contribution in [3.05, 3.63) is 29.3 Å². The monoisotopic (exact) mass is 363 g/mol. The van der Waals surface area contributed by atoms with Gasteiger partial charge in [0.1, 0.15) is 0 Å². The van der Waals surface area contributed by atoms with Crippen LogP contribution in [0.2, 0.25) is 5.02 Å². The molecule has 1 N–H and O–H groups in total. The van der Waals surface area contributed by atoms with Crippen LogP contribution in [0.5, 0.6) is 0 Å². The smallest absolute Gasteiger partial charge is 0.225 e. The van der Waals surface area contributed by atoms with Crippen LogP contribution < -0.4 is 5.32 Å². The van der Waals surface area contributed by atoms with E-state index in [-0.39, 0.29) is 5.92 Å². The van der Waals surface area contributed by atoms with Crippen molar-refractivity contribution in [1.29, 1.82) is 0 Å². The molecule has 1 amide bonds. The summed E-state index contributed by atoms with van der Waals surface area (Å²) in [6.07, 6.45) is 4.08.